The number of benzene rings is 1. The molecule has 1 amide bonds. The largest absolute Gasteiger partial charge is 0.286 e. The van der Waals surface area contributed by atoms with Crippen molar-refractivity contribution in [1.82, 2.24) is 5.06 Å². The maximum Gasteiger partial charge on any atom is 0.278 e. The molecular formula is C8H8BrNO2. The van der Waals surface area contributed by atoms with Crippen LogP contribution < -0.4 is 0 Å². The van der Waals surface area contributed by atoms with Crippen LogP contribution in [0.25, 0.3) is 0 Å². The van der Waals surface area contributed by atoms with Crippen molar-refractivity contribution in [2.75, 3.05) is 7.05 Å². The highest BCUT2D eigenvalue weighted by Gasteiger charge is 2.11. The Hall–Kier alpha value is -0.870. The summed E-state index contributed by atoms with van der Waals surface area (Å²) in [6.07, 6.45) is 0. The standard InChI is InChI=1S/C8H8BrNO2/c1-10(12)8(11)6-4-2-3-5-7(6)9/h2-5,12H,1H3. The van der Waals surface area contributed by atoms with E-state index in [2.05, 4.69) is 15.9 Å². The second-order valence-electron chi connectivity index (χ2n) is 2.31. The molecule has 0 spiro atoms. The van der Waals surface area contributed by atoms with Gasteiger partial charge in [0, 0.05) is 11.5 Å². The second-order valence-corrected chi connectivity index (χ2v) is 3.16. The van der Waals surface area contributed by atoms with Gasteiger partial charge in [0.2, 0.25) is 0 Å². The fourth-order valence-electron chi connectivity index (χ4n) is 0.809. The Kier molecular flexibility index (Phi) is 2.83. The summed E-state index contributed by atoms with van der Waals surface area (Å²) in [6, 6.07) is 6.93. The molecule has 1 N–H and O–H groups in total. The summed E-state index contributed by atoms with van der Waals surface area (Å²) in [4.78, 5) is 11.2. The van der Waals surface area contributed by atoms with Gasteiger partial charge >= 0.3 is 0 Å². The molecule has 12 heavy (non-hydrogen) atoms. The van der Waals surface area contributed by atoms with E-state index in [4.69, 9.17) is 5.21 Å². The van der Waals surface area contributed by atoms with Gasteiger partial charge in [-0.2, -0.15) is 0 Å². The molecule has 0 fully saturated rings. The molecule has 3 nitrogen and oxygen atoms in total. The lowest BCUT2D eigenvalue weighted by Gasteiger charge is -2.08. The number of hydroxylamine groups is 2. The average Bonchev–Trinajstić information content (AvgIpc) is 2.04. The number of hydrogen-bond acceptors (Lipinski definition) is 2. The van der Waals surface area contributed by atoms with Crippen LogP contribution in [0.4, 0.5) is 0 Å². The van der Waals surface area contributed by atoms with Crippen molar-refractivity contribution in [2.45, 2.75) is 0 Å². The van der Waals surface area contributed by atoms with E-state index in [9.17, 15) is 4.79 Å². The van der Waals surface area contributed by atoms with Crippen molar-refractivity contribution in [3.05, 3.63) is 34.3 Å². The fourth-order valence-corrected chi connectivity index (χ4v) is 1.26. The fraction of sp³-hybridized carbons (Fsp3) is 0.125. The minimum atomic E-state index is -0.428. The first kappa shape index (κ1) is 9.22. The normalized spacial score (nSPS) is 9.58. The van der Waals surface area contributed by atoms with E-state index in [1.165, 1.54) is 7.05 Å². The Morgan fingerprint density at radius 3 is 2.58 bits per heavy atom. The maximum absolute atomic E-state index is 11.2. The van der Waals surface area contributed by atoms with E-state index in [1.807, 2.05) is 0 Å². The van der Waals surface area contributed by atoms with E-state index in [1.54, 1.807) is 24.3 Å². The predicted octanol–water partition coefficient (Wildman–Crippen LogP) is 1.91. The smallest absolute Gasteiger partial charge is 0.278 e. The quantitative estimate of drug-likeness (QED) is 0.591. The lowest BCUT2D eigenvalue weighted by atomic mass is 10.2. The van der Waals surface area contributed by atoms with Crippen LogP contribution in [-0.2, 0) is 0 Å². The van der Waals surface area contributed by atoms with Gasteiger partial charge in [-0.05, 0) is 28.1 Å². The molecule has 0 atom stereocenters. The van der Waals surface area contributed by atoms with Crippen molar-refractivity contribution in [3.63, 3.8) is 0 Å². The Bertz CT molecular complexity index is 299. The SMILES string of the molecule is CN(O)C(=O)c1ccccc1Br. The summed E-state index contributed by atoms with van der Waals surface area (Å²) in [6.45, 7) is 0. The number of rotatable bonds is 1. The molecule has 0 heterocycles. The monoisotopic (exact) mass is 229 g/mol. The summed E-state index contributed by atoms with van der Waals surface area (Å²) >= 11 is 3.21. The molecule has 0 unspecified atom stereocenters. The van der Waals surface area contributed by atoms with E-state index < -0.39 is 5.91 Å². The van der Waals surface area contributed by atoms with Gasteiger partial charge in [0.1, 0.15) is 0 Å². The molecule has 4 heteroatoms. The third-order valence-corrected chi connectivity index (χ3v) is 2.09. The van der Waals surface area contributed by atoms with Gasteiger partial charge in [-0.1, -0.05) is 12.1 Å². The highest BCUT2D eigenvalue weighted by molar-refractivity contribution is 9.10. The number of carbonyl (C=O) groups is 1. The molecule has 0 aliphatic rings. The highest BCUT2D eigenvalue weighted by Crippen LogP contribution is 2.16. The van der Waals surface area contributed by atoms with Gasteiger partial charge in [0.15, 0.2) is 0 Å². The number of halogens is 1. The van der Waals surface area contributed by atoms with Crippen molar-refractivity contribution in [1.29, 1.82) is 0 Å². The molecule has 0 aliphatic heterocycles. The van der Waals surface area contributed by atoms with Crippen LogP contribution in [0.15, 0.2) is 28.7 Å². The summed E-state index contributed by atoms with van der Waals surface area (Å²) in [5.74, 6) is -0.428. The molecule has 1 aromatic rings. The number of amides is 1. The first-order valence-corrected chi connectivity index (χ1v) is 4.13. The molecule has 1 aromatic carbocycles. The van der Waals surface area contributed by atoms with E-state index in [0.717, 1.165) is 0 Å². The Morgan fingerprint density at radius 2 is 2.08 bits per heavy atom. The molecule has 64 valence electrons. The molecule has 0 saturated carbocycles. The maximum atomic E-state index is 11.2. The Balaban J connectivity index is 3.03. The van der Waals surface area contributed by atoms with Crippen LogP contribution in [-0.4, -0.2) is 23.2 Å². The van der Waals surface area contributed by atoms with Crippen LogP contribution in [0.5, 0.6) is 0 Å². The molecule has 0 saturated heterocycles. The van der Waals surface area contributed by atoms with Crippen LogP contribution in [0.1, 0.15) is 10.4 Å². The van der Waals surface area contributed by atoms with Gasteiger partial charge in [-0.15, -0.1) is 0 Å². The van der Waals surface area contributed by atoms with Gasteiger partial charge in [0.05, 0.1) is 5.56 Å². The summed E-state index contributed by atoms with van der Waals surface area (Å²) in [5.41, 5.74) is 0.447. The van der Waals surface area contributed by atoms with Crippen molar-refractivity contribution >= 4 is 21.8 Å². The third kappa shape index (κ3) is 1.84. The number of carbonyl (C=O) groups excluding carboxylic acids is 1. The summed E-state index contributed by atoms with van der Waals surface area (Å²) in [5, 5.41) is 9.42. The minimum absolute atomic E-state index is 0.428. The molecular weight excluding hydrogens is 222 g/mol. The molecule has 0 radical (unpaired) electrons. The van der Waals surface area contributed by atoms with Gasteiger partial charge < -0.3 is 0 Å². The summed E-state index contributed by atoms with van der Waals surface area (Å²) in [7, 11) is 1.29. The average molecular weight is 230 g/mol. The number of hydrogen-bond donors (Lipinski definition) is 1. The predicted molar refractivity (Wildman–Crippen MR) is 48.0 cm³/mol. The zero-order chi connectivity index (χ0) is 9.14. The zero-order valence-corrected chi connectivity index (χ0v) is 8.08. The van der Waals surface area contributed by atoms with E-state index >= 15 is 0 Å². The minimum Gasteiger partial charge on any atom is -0.286 e. The van der Waals surface area contributed by atoms with Crippen molar-refractivity contribution < 1.29 is 10.0 Å². The van der Waals surface area contributed by atoms with Gasteiger partial charge in [-0.25, -0.2) is 5.06 Å². The topological polar surface area (TPSA) is 40.5 Å². The van der Waals surface area contributed by atoms with Crippen molar-refractivity contribution in [3.8, 4) is 0 Å². The van der Waals surface area contributed by atoms with Crippen LogP contribution in [0.3, 0.4) is 0 Å². The third-order valence-electron chi connectivity index (χ3n) is 1.40. The molecule has 0 aliphatic carbocycles. The van der Waals surface area contributed by atoms with Crippen LogP contribution >= 0.6 is 15.9 Å². The van der Waals surface area contributed by atoms with Crippen LogP contribution in [0.2, 0.25) is 0 Å². The lowest BCUT2D eigenvalue weighted by molar-refractivity contribution is -0.0375. The lowest BCUT2D eigenvalue weighted by Crippen LogP contribution is -2.22. The van der Waals surface area contributed by atoms with Gasteiger partial charge in [0.25, 0.3) is 5.91 Å². The highest BCUT2D eigenvalue weighted by atomic mass is 79.9. The van der Waals surface area contributed by atoms with E-state index in [0.29, 0.717) is 15.1 Å². The number of nitrogens with zero attached hydrogens (tertiary/aromatic N) is 1. The molecule has 1 rings (SSSR count). The van der Waals surface area contributed by atoms with E-state index in [-0.39, 0.29) is 0 Å². The van der Waals surface area contributed by atoms with Crippen molar-refractivity contribution in [2.24, 2.45) is 0 Å². The Labute approximate surface area is 78.7 Å². The first-order chi connectivity index (χ1) is 5.63. The zero-order valence-electron chi connectivity index (χ0n) is 6.49. The molecule has 0 bridgehead atoms. The summed E-state index contributed by atoms with van der Waals surface area (Å²) < 4.78 is 0.677. The molecule has 0 aromatic heterocycles. The Morgan fingerprint density at radius 1 is 1.50 bits per heavy atom. The van der Waals surface area contributed by atoms with Crippen LogP contribution in [0, 0.1) is 0 Å². The van der Waals surface area contributed by atoms with Gasteiger partial charge in [-0.3, -0.25) is 10.0 Å². The first-order valence-electron chi connectivity index (χ1n) is 3.34. The second kappa shape index (κ2) is 3.69.